The number of benzene rings is 8. The molecule has 0 radical (unpaired) electrons. The van der Waals surface area contributed by atoms with E-state index in [4.69, 9.17) is 14.2 Å². The minimum atomic E-state index is -3.90. The Balaban J connectivity index is 0.878. The largest absolute Gasteiger partial charge is 0.508 e. The minimum Gasteiger partial charge on any atom is -0.508 e. The molecule has 0 spiro atoms. The highest BCUT2D eigenvalue weighted by molar-refractivity contribution is 7.92. The zero-order valence-corrected chi connectivity index (χ0v) is 41.8. The van der Waals surface area contributed by atoms with E-state index in [0.29, 0.717) is 46.5 Å². The summed E-state index contributed by atoms with van der Waals surface area (Å²) >= 11 is 0. The molecule has 0 atom stereocenters. The summed E-state index contributed by atoms with van der Waals surface area (Å²) in [5.74, 6) is 2.82. The van der Waals surface area contributed by atoms with Crippen LogP contribution in [0.5, 0.6) is 40.2 Å². The molecule has 0 aromatic heterocycles. The molecule has 0 unspecified atom stereocenters. The molecule has 8 rings (SSSR count). The van der Waals surface area contributed by atoms with Crippen LogP contribution in [0, 0.1) is 6.92 Å². The van der Waals surface area contributed by atoms with Gasteiger partial charge in [-0.15, -0.1) is 6.58 Å². The number of rotatable bonds is 17. The second kappa shape index (κ2) is 20.3. The van der Waals surface area contributed by atoms with Gasteiger partial charge in [0.05, 0.1) is 29.4 Å². The zero-order chi connectivity index (χ0) is 50.6. The Morgan fingerprint density at radius 2 is 0.831 bits per heavy atom. The number of aromatic hydroxyl groups is 1. The molecule has 1 N–H and O–H groups in total. The molecule has 0 aliphatic rings. The van der Waals surface area contributed by atoms with E-state index >= 15 is 0 Å². The van der Waals surface area contributed by atoms with Gasteiger partial charge < -0.3 is 19.3 Å². The number of aryl methyl sites for hydroxylation is 1. The van der Waals surface area contributed by atoms with Crippen LogP contribution in [0.1, 0.15) is 48.6 Å². The van der Waals surface area contributed by atoms with Gasteiger partial charge in [0.25, 0.3) is 0 Å². The number of sulfone groups is 3. The molecule has 0 fully saturated rings. The highest BCUT2D eigenvalue weighted by Gasteiger charge is 2.25. The molecule has 0 heterocycles. The fourth-order valence-electron chi connectivity index (χ4n) is 7.83. The lowest BCUT2D eigenvalue weighted by atomic mass is 9.78. The molecule has 0 aliphatic carbocycles. The van der Waals surface area contributed by atoms with Gasteiger partial charge in [0.15, 0.2) is 0 Å². The third-order valence-electron chi connectivity index (χ3n) is 12.0. The SMILES string of the molecule is C=CCc1cc(S(=O)(=O)c2ccc(Oc3ccc(S(=O)(=O)c4ccc(Oc5ccc(C(C)(C)c6ccc(Oc7ccc(S(=O)(=O)c8ccc(O)cc8)cc7)cc6)cc5)cc4)cc3)c(/C=C/C)c2)ccc1C. The number of hydrogen-bond donors (Lipinski definition) is 1. The maximum absolute atomic E-state index is 13.7. The van der Waals surface area contributed by atoms with Gasteiger partial charge in [-0.2, -0.15) is 0 Å². The first-order valence-electron chi connectivity index (χ1n) is 22.4. The lowest BCUT2D eigenvalue weighted by Crippen LogP contribution is -2.18. The first-order valence-corrected chi connectivity index (χ1v) is 26.9. The second-order valence-electron chi connectivity index (χ2n) is 17.2. The van der Waals surface area contributed by atoms with E-state index in [1.807, 2.05) is 62.4 Å². The number of allylic oxidation sites excluding steroid dienone is 2. The van der Waals surface area contributed by atoms with Gasteiger partial charge in [-0.1, -0.05) is 62.4 Å². The van der Waals surface area contributed by atoms with E-state index in [1.165, 1.54) is 66.7 Å². The van der Waals surface area contributed by atoms with Crippen LogP contribution in [0.25, 0.3) is 6.08 Å². The lowest BCUT2D eigenvalue weighted by Gasteiger charge is -2.26. The second-order valence-corrected chi connectivity index (χ2v) is 23.0. The molecule has 10 nitrogen and oxygen atoms in total. The van der Waals surface area contributed by atoms with Crippen molar-refractivity contribution >= 4 is 35.6 Å². The maximum atomic E-state index is 13.7. The minimum absolute atomic E-state index is 0.0166. The Bertz CT molecular complexity index is 3590. The summed E-state index contributed by atoms with van der Waals surface area (Å²) in [5, 5.41) is 9.53. The number of ether oxygens (including phenoxy) is 3. The van der Waals surface area contributed by atoms with Crippen molar-refractivity contribution in [1.29, 1.82) is 0 Å². The van der Waals surface area contributed by atoms with E-state index in [2.05, 4.69) is 20.4 Å². The quantitative estimate of drug-likeness (QED) is 0.0873. The first kappa shape index (κ1) is 49.7. The van der Waals surface area contributed by atoms with Crippen molar-refractivity contribution < 1.29 is 44.6 Å². The molecular formula is C58H50O10S3. The molecule has 360 valence electrons. The third kappa shape index (κ3) is 10.9. The fourth-order valence-corrected chi connectivity index (χ4v) is 11.7. The first-order chi connectivity index (χ1) is 33.9. The molecule has 0 amide bonds. The van der Waals surface area contributed by atoms with Crippen LogP contribution >= 0.6 is 0 Å². The van der Waals surface area contributed by atoms with E-state index in [0.717, 1.165) is 22.3 Å². The zero-order valence-electron chi connectivity index (χ0n) is 39.3. The van der Waals surface area contributed by atoms with E-state index in [1.54, 1.807) is 85.0 Å². The fraction of sp³-hybridized carbons (Fsp3) is 0.103. The average Bonchev–Trinajstić information content (AvgIpc) is 3.36. The van der Waals surface area contributed by atoms with Crippen molar-refractivity contribution in [3.63, 3.8) is 0 Å². The van der Waals surface area contributed by atoms with Gasteiger partial charge in [0.1, 0.15) is 40.2 Å². The molecule has 0 saturated heterocycles. The molecule has 71 heavy (non-hydrogen) atoms. The highest BCUT2D eigenvalue weighted by Crippen LogP contribution is 2.37. The summed E-state index contributed by atoms with van der Waals surface area (Å²) in [4.78, 5) is 0.642. The molecule has 8 aromatic carbocycles. The van der Waals surface area contributed by atoms with Crippen LogP contribution < -0.4 is 14.2 Å². The standard InChI is InChI=1S/C58H50O10S3/c1-6-8-41-38-55(27-10-40(41)3)71(64,65)56-36-37-57(42(39-56)9-7-2)68-50-25-34-54(35-26-50)70(62,63)53-32-23-49(24-33-53)67-47-19-13-44(14-20-47)58(4,5)43-11-17-46(18-12-43)66-48-21-30-52(31-22-48)69(60,61)51-28-15-45(59)16-29-51/h6-7,9-39,59H,1,8H2,2-5H3/b9-7+. The normalized spacial score (nSPS) is 12.1. The Hall–Kier alpha value is -7.71. The maximum Gasteiger partial charge on any atom is 0.206 e. The Morgan fingerprint density at radius 1 is 0.479 bits per heavy atom. The van der Waals surface area contributed by atoms with Crippen LogP contribution in [0.4, 0.5) is 0 Å². The van der Waals surface area contributed by atoms with Crippen LogP contribution in [0.2, 0.25) is 0 Å². The van der Waals surface area contributed by atoms with E-state index in [-0.39, 0.29) is 35.1 Å². The predicted molar refractivity (Wildman–Crippen MR) is 275 cm³/mol. The summed E-state index contributed by atoms with van der Waals surface area (Å²) in [6, 6.07) is 48.9. The summed E-state index contributed by atoms with van der Waals surface area (Å²) in [6.07, 6.45) is 5.82. The Kier molecular flexibility index (Phi) is 14.2. The highest BCUT2D eigenvalue weighted by atomic mass is 32.2. The van der Waals surface area contributed by atoms with Crippen molar-refractivity contribution in [3.05, 3.63) is 229 Å². The van der Waals surface area contributed by atoms with Crippen molar-refractivity contribution in [1.82, 2.24) is 0 Å². The van der Waals surface area contributed by atoms with Gasteiger partial charge in [-0.25, -0.2) is 25.3 Å². The summed E-state index contributed by atoms with van der Waals surface area (Å²) in [5.41, 5.74) is 4.07. The van der Waals surface area contributed by atoms with Crippen molar-refractivity contribution in [3.8, 4) is 40.2 Å². The smallest absolute Gasteiger partial charge is 0.206 e. The van der Waals surface area contributed by atoms with E-state index < -0.39 is 34.9 Å². The van der Waals surface area contributed by atoms with Gasteiger partial charge >= 0.3 is 0 Å². The summed E-state index contributed by atoms with van der Waals surface area (Å²) < 4.78 is 99.0. The van der Waals surface area contributed by atoms with Crippen molar-refractivity contribution in [2.45, 2.75) is 68.9 Å². The van der Waals surface area contributed by atoms with Crippen molar-refractivity contribution in [2.24, 2.45) is 0 Å². The van der Waals surface area contributed by atoms with Gasteiger partial charge in [-0.05, 0) is 194 Å². The summed E-state index contributed by atoms with van der Waals surface area (Å²) in [7, 11) is -11.5. The molecular weight excluding hydrogens is 953 g/mol. The average molecular weight is 1000 g/mol. The number of hydrogen-bond acceptors (Lipinski definition) is 10. The third-order valence-corrected chi connectivity index (χ3v) is 17.4. The Morgan fingerprint density at radius 3 is 1.25 bits per heavy atom. The van der Waals surface area contributed by atoms with Gasteiger partial charge in [0.2, 0.25) is 29.5 Å². The van der Waals surface area contributed by atoms with Gasteiger partial charge in [-0.3, -0.25) is 0 Å². The molecule has 0 aliphatic heterocycles. The molecule has 0 saturated carbocycles. The van der Waals surface area contributed by atoms with Crippen LogP contribution in [-0.2, 0) is 41.3 Å². The predicted octanol–water partition coefficient (Wildman–Crippen LogP) is 13.7. The topological polar surface area (TPSA) is 150 Å². The monoisotopic (exact) mass is 1000 g/mol. The number of phenols is 1. The molecule has 0 bridgehead atoms. The lowest BCUT2D eigenvalue weighted by molar-refractivity contribution is 0.474. The van der Waals surface area contributed by atoms with Crippen LogP contribution in [-0.4, -0.2) is 30.4 Å². The van der Waals surface area contributed by atoms with Crippen LogP contribution in [0.3, 0.4) is 0 Å². The Labute approximate surface area is 415 Å². The van der Waals surface area contributed by atoms with E-state index in [9.17, 15) is 30.4 Å². The summed E-state index contributed by atoms with van der Waals surface area (Å²) in [6.45, 7) is 11.7. The van der Waals surface area contributed by atoms with Gasteiger partial charge in [0, 0.05) is 11.0 Å². The number of phenolic OH excluding ortho intramolecular Hbond substituents is 1. The van der Waals surface area contributed by atoms with Crippen LogP contribution in [0.15, 0.2) is 230 Å². The molecule has 13 heteroatoms. The van der Waals surface area contributed by atoms with Crippen molar-refractivity contribution in [2.75, 3.05) is 0 Å². The molecule has 8 aromatic rings.